The third kappa shape index (κ3) is 4.36. The number of carbonyl (C=O) groups excluding carboxylic acids is 1. The van der Waals surface area contributed by atoms with Crippen molar-refractivity contribution < 1.29 is 14.3 Å². The molecule has 29 heavy (non-hydrogen) atoms. The zero-order valence-electron chi connectivity index (χ0n) is 17.2. The van der Waals surface area contributed by atoms with Gasteiger partial charge >= 0.3 is 5.97 Å². The molecule has 0 aliphatic carbocycles. The highest BCUT2D eigenvalue weighted by molar-refractivity contribution is 9.11. The zero-order chi connectivity index (χ0) is 21.6. The summed E-state index contributed by atoms with van der Waals surface area (Å²) in [6.07, 6.45) is 0. The van der Waals surface area contributed by atoms with Gasteiger partial charge in [-0.3, -0.25) is 0 Å². The number of fused-ring (bicyclic) bond motifs is 1. The van der Waals surface area contributed by atoms with Crippen molar-refractivity contribution in [3.8, 4) is 11.1 Å². The number of hydrogen-bond donors (Lipinski definition) is 0. The molecule has 2 aromatic carbocycles. The van der Waals surface area contributed by atoms with Crippen LogP contribution in [0.5, 0.6) is 0 Å². The SMILES string of the molecule is COC(=O)C(C)(OC(C)(C)C)c1c(C)cc2nc(Br)sc2c1-c1ccc(Cl)cc1. The van der Waals surface area contributed by atoms with Gasteiger partial charge in [0.25, 0.3) is 0 Å². The Morgan fingerprint density at radius 1 is 1.17 bits per heavy atom. The van der Waals surface area contributed by atoms with Crippen LogP contribution in [0.15, 0.2) is 34.2 Å². The summed E-state index contributed by atoms with van der Waals surface area (Å²) in [6.45, 7) is 9.51. The van der Waals surface area contributed by atoms with Crippen LogP contribution in [0.4, 0.5) is 0 Å². The van der Waals surface area contributed by atoms with Crippen molar-refractivity contribution in [1.82, 2.24) is 4.98 Å². The maximum absolute atomic E-state index is 13.1. The quantitative estimate of drug-likeness (QED) is 0.369. The summed E-state index contributed by atoms with van der Waals surface area (Å²) in [5, 5.41) is 0.645. The molecule has 0 amide bonds. The molecule has 154 valence electrons. The van der Waals surface area contributed by atoms with Crippen LogP contribution in [0.3, 0.4) is 0 Å². The van der Waals surface area contributed by atoms with Gasteiger partial charge in [-0.1, -0.05) is 23.7 Å². The minimum atomic E-state index is -1.31. The molecular weight excluding hydrogens is 474 g/mol. The van der Waals surface area contributed by atoms with Crippen LogP contribution in [-0.2, 0) is 19.9 Å². The number of rotatable bonds is 4. The highest BCUT2D eigenvalue weighted by atomic mass is 79.9. The Balaban J connectivity index is 2.44. The third-order valence-corrected chi connectivity index (χ3v) is 6.34. The standard InChI is InChI=1S/C22H23BrClNO3S/c1-12-11-15-18(29-20(23)25-15)16(13-7-9-14(24)10-8-13)17(12)22(5,19(26)27-6)28-21(2,3)4/h7-11H,1-6H3. The van der Waals surface area contributed by atoms with E-state index < -0.39 is 17.2 Å². The molecule has 1 heterocycles. The lowest BCUT2D eigenvalue weighted by Gasteiger charge is -2.37. The van der Waals surface area contributed by atoms with E-state index in [-0.39, 0.29) is 0 Å². The van der Waals surface area contributed by atoms with Crippen LogP contribution >= 0.6 is 38.9 Å². The lowest BCUT2D eigenvalue weighted by atomic mass is 9.83. The molecule has 3 aromatic rings. The van der Waals surface area contributed by atoms with Crippen LogP contribution in [0.25, 0.3) is 21.3 Å². The van der Waals surface area contributed by atoms with Crippen molar-refractivity contribution in [3.63, 3.8) is 0 Å². The summed E-state index contributed by atoms with van der Waals surface area (Å²) in [5.41, 5.74) is 2.48. The molecule has 0 bridgehead atoms. The van der Waals surface area contributed by atoms with E-state index in [9.17, 15) is 4.79 Å². The average Bonchev–Trinajstić information content (AvgIpc) is 2.98. The molecule has 0 radical (unpaired) electrons. The summed E-state index contributed by atoms with van der Waals surface area (Å²) in [6, 6.07) is 9.56. The maximum atomic E-state index is 13.1. The zero-order valence-corrected chi connectivity index (χ0v) is 20.4. The lowest BCUT2D eigenvalue weighted by molar-refractivity contribution is -0.186. The number of thiazole rings is 1. The van der Waals surface area contributed by atoms with Crippen LogP contribution in [0.1, 0.15) is 38.8 Å². The number of hydrogen-bond acceptors (Lipinski definition) is 5. The van der Waals surface area contributed by atoms with E-state index in [0.29, 0.717) is 5.02 Å². The number of benzene rings is 2. The van der Waals surface area contributed by atoms with E-state index in [0.717, 1.165) is 36.4 Å². The lowest BCUT2D eigenvalue weighted by Crippen LogP contribution is -2.43. The van der Waals surface area contributed by atoms with Gasteiger partial charge in [0, 0.05) is 16.1 Å². The number of aromatic nitrogens is 1. The largest absolute Gasteiger partial charge is 0.467 e. The molecule has 0 fully saturated rings. The van der Waals surface area contributed by atoms with E-state index in [2.05, 4.69) is 20.9 Å². The van der Waals surface area contributed by atoms with Gasteiger partial charge in [-0.05, 0) is 79.9 Å². The Kier molecular flexibility index (Phi) is 6.12. The molecule has 0 aliphatic rings. The molecule has 0 saturated carbocycles. The Morgan fingerprint density at radius 2 is 1.79 bits per heavy atom. The third-order valence-electron chi connectivity index (χ3n) is 4.55. The molecule has 0 saturated heterocycles. The first-order valence-electron chi connectivity index (χ1n) is 9.11. The average molecular weight is 497 g/mol. The van der Waals surface area contributed by atoms with Crippen molar-refractivity contribution in [2.45, 2.75) is 45.8 Å². The number of nitrogens with zero attached hydrogens (tertiary/aromatic N) is 1. The maximum Gasteiger partial charge on any atom is 0.342 e. The van der Waals surface area contributed by atoms with Gasteiger partial charge in [0.1, 0.15) is 0 Å². The number of halogens is 2. The van der Waals surface area contributed by atoms with Gasteiger partial charge < -0.3 is 9.47 Å². The fourth-order valence-electron chi connectivity index (χ4n) is 3.68. The number of aryl methyl sites for hydroxylation is 1. The Hall–Kier alpha value is -1.47. The number of methoxy groups -OCH3 is 1. The van der Waals surface area contributed by atoms with Gasteiger partial charge in [0.05, 0.1) is 22.9 Å². The molecule has 1 atom stereocenters. The summed E-state index contributed by atoms with van der Waals surface area (Å²) >= 11 is 11.1. The highest BCUT2D eigenvalue weighted by Gasteiger charge is 2.44. The number of esters is 1. The molecule has 0 N–H and O–H groups in total. The Labute approximate surface area is 188 Å². The van der Waals surface area contributed by atoms with Crippen LogP contribution < -0.4 is 0 Å². The number of ether oxygens (including phenoxy) is 2. The molecule has 3 rings (SSSR count). The first-order valence-corrected chi connectivity index (χ1v) is 11.1. The van der Waals surface area contributed by atoms with E-state index >= 15 is 0 Å². The van der Waals surface area contributed by atoms with E-state index in [1.54, 1.807) is 6.92 Å². The predicted octanol–water partition coefficient (Wildman–Crippen LogP) is 6.89. The van der Waals surface area contributed by atoms with Gasteiger partial charge in [0.15, 0.2) is 9.52 Å². The second kappa shape index (κ2) is 7.99. The molecule has 4 nitrogen and oxygen atoms in total. The summed E-state index contributed by atoms with van der Waals surface area (Å²) in [5.74, 6) is -0.450. The summed E-state index contributed by atoms with van der Waals surface area (Å²) in [7, 11) is 1.38. The summed E-state index contributed by atoms with van der Waals surface area (Å²) in [4.78, 5) is 17.6. The van der Waals surface area contributed by atoms with Crippen molar-refractivity contribution >= 4 is 55.1 Å². The summed E-state index contributed by atoms with van der Waals surface area (Å²) < 4.78 is 13.3. The molecule has 1 aromatic heterocycles. The van der Waals surface area contributed by atoms with Gasteiger partial charge in [-0.25, -0.2) is 9.78 Å². The first kappa shape index (κ1) is 22.2. The topological polar surface area (TPSA) is 48.4 Å². The fraction of sp³-hybridized carbons (Fsp3) is 0.364. The number of carbonyl (C=O) groups is 1. The van der Waals surface area contributed by atoms with Crippen LogP contribution in [0, 0.1) is 6.92 Å². The molecule has 0 aliphatic heterocycles. The second-order valence-corrected chi connectivity index (χ2v) is 10.7. The minimum absolute atomic E-state index is 0.450. The predicted molar refractivity (Wildman–Crippen MR) is 123 cm³/mol. The highest BCUT2D eigenvalue weighted by Crippen LogP contribution is 2.46. The Morgan fingerprint density at radius 3 is 2.34 bits per heavy atom. The van der Waals surface area contributed by atoms with Crippen molar-refractivity contribution in [3.05, 3.63) is 50.4 Å². The van der Waals surface area contributed by atoms with E-state index in [1.165, 1.54) is 18.4 Å². The molecular formula is C22H23BrClNO3S. The normalized spacial score (nSPS) is 14.1. The van der Waals surface area contributed by atoms with Crippen molar-refractivity contribution in [2.75, 3.05) is 7.11 Å². The van der Waals surface area contributed by atoms with Crippen LogP contribution in [-0.4, -0.2) is 23.7 Å². The van der Waals surface area contributed by atoms with Crippen molar-refractivity contribution in [1.29, 1.82) is 0 Å². The van der Waals surface area contributed by atoms with Gasteiger partial charge in [0.2, 0.25) is 0 Å². The first-order chi connectivity index (χ1) is 13.5. The monoisotopic (exact) mass is 495 g/mol. The molecule has 7 heteroatoms. The fourth-order valence-corrected chi connectivity index (χ4v) is 5.32. The van der Waals surface area contributed by atoms with Crippen molar-refractivity contribution in [2.24, 2.45) is 0 Å². The van der Waals surface area contributed by atoms with E-state index in [4.69, 9.17) is 21.1 Å². The second-order valence-electron chi connectivity index (χ2n) is 8.00. The van der Waals surface area contributed by atoms with Crippen LogP contribution in [0.2, 0.25) is 5.02 Å². The molecule has 0 spiro atoms. The van der Waals surface area contributed by atoms with E-state index in [1.807, 2.05) is 58.0 Å². The molecule has 1 unspecified atom stereocenters. The smallest absolute Gasteiger partial charge is 0.342 e. The van der Waals surface area contributed by atoms with Gasteiger partial charge in [-0.2, -0.15) is 0 Å². The van der Waals surface area contributed by atoms with Gasteiger partial charge in [-0.15, -0.1) is 11.3 Å². The Bertz CT molecular complexity index is 1070. The minimum Gasteiger partial charge on any atom is -0.467 e.